The number of hydrogen-bond donors (Lipinski definition) is 0. The molecular weight excluding hydrogens is 278 g/mol. The Bertz CT molecular complexity index is 683. The highest BCUT2D eigenvalue weighted by atomic mass is 16.2. The predicted molar refractivity (Wildman–Crippen MR) is 82.2 cm³/mol. The molecule has 0 N–H and O–H groups in total. The molecule has 0 bridgehead atoms. The number of aromatic nitrogens is 3. The first-order chi connectivity index (χ1) is 10.7. The van der Waals surface area contributed by atoms with Gasteiger partial charge in [-0.15, -0.1) is 0 Å². The molecule has 6 heteroatoms. The maximum Gasteiger partial charge on any atom is 0.229 e. The Labute approximate surface area is 129 Å². The van der Waals surface area contributed by atoms with E-state index in [-0.39, 0.29) is 11.9 Å². The van der Waals surface area contributed by atoms with Crippen LogP contribution < -0.4 is 4.90 Å². The zero-order chi connectivity index (χ0) is 15.1. The van der Waals surface area contributed by atoms with Crippen molar-refractivity contribution in [2.45, 2.75) is 31.5 Å². The van der Waals surface area contributed by atoms with Crippen molar-refractivity contribution >= 4 is 11.6 Å². The molecule has 2 aliphatic heterocycles. The highest BCUT2D eigenvalue weighted by Crippen LogP contribution is 2.36. The van der Waals surface area contributed by atoms with Gasteiger partial charge in [0.2, 0.25) is 5.91 Å². The third-order valence-electron chi connectivity index (χ3n) is 4.71. The van der Waals surface area contributed by atoms with E-state index in [0.717, 1.165) is 25.2 Å². The van der Waals surface area contributed by atoms with Gasteiger partial charge in [0.05, 0.1) is 17.9 Å². The van der Waals surface area contributed by atoms with Crippen LogP contribution in [0.2, 0.25) is 0 Å². The van der Waals surface area contributed by atoms with Crippen LogP contribution in [0.4, 0.5) is 5.69 Å². The van der Waals surface area contributed by atoms with E-state index in [1.807, 2.05) is 42.7 Å². The van der Waals surface area contributed by atoms with Crippen molar-refractivity contribution in [3.05, 3.63) is 42.5 Å². The third-order valence-corrected chi connectivity index (χ3v) is 4.71. The maximum absolute atomic E-state index is 12.4. The van der Waals surface area contributed by atoms with Crippen LogP contribution in [0.3, 0.4) is 0 Å². The summed E-state index contributed by atoms with van der Waals surface area (Å²) in [5.74, 6) is 0.211. The summed E-state index contributed by atoms with van der Waals surface area (Å²) in [5.41, 5.74) is 2.17. The van der Waals surface area contributed by atoms with Gasteiger partial charge in [0.25, 0.3) is 0 Å². The number of amides is 1. The molecule has 2 aromatic heterocycles. The topological polar surface area (TPSA) is 54.3 Å². The van der Waals surface area contributed by atoms with Crippen molar-refractivity contribution < 1.29 is 4.79 Å². The summed E-state index contributed by atoms with van der Waals surface area (Å²) in [6.07, 6.45) is 8.98. The molecule has 2 aliphatic rings. The number of aryl methyl sites for hydroxylation is 1. The van der Waals surface area contributed by atoms with Crippen LogP contribution in [-0.2, 0) is 18.4 Å². The average molecular weight is 297 g/mol. The van der Waals surface area contributed by atoms with E-state index in [9.17, 15) is 4.79 Å². The van der Waals surface area contributed by atoms with Crippen molar-refractivity contribution in [3.63, 3.8) is 0 Å². The SMILES string of the molecule is Cn1cc(N2C(=O)C[C@@H]3[C@@H]2CCN3Cc2ccncc2)cn1. The predicted octanol–water partition coefficient (Wildman–Crippen LogP) is 1.19. The van der Waals surface area contributed by atoms with E-state index in [2.05, 4.69) is 15.0 Å². The second-order valence-corrected chi connectivity index (χ2v) is 6.09. The molecule has 0 unspecified atom stereocenters. The van der Waals surface area contributed by atoms with E-state index in [1.165, 1.54) is 5.56 Å². The van der Waals surface area contributed by atoms with E-state index in [1.54, 1.807) is 10.9 Å². The molecule has 0 radical (unpaired) electrons. The lowest BCUT2D eigenvalue weighted by atomic mass is 10.1. The Morgan fingerprint density at radius 2 is 2.09 bits per heavy atom. The summed E-state index contributed by atoms with van der Waals surface area (Å²) < 4.78 is 1.75. The zero-order valence-electron chi connectivity index (χ0n) is 12.6. The summed E-state index contributed by atoms with van der Waals surface area (Å²) in [7, 11) is 1.88. The maximum atomic E-state index is 12.4. The van der Waals surface area contributed by atoms with Gasteiger partial charge in [-0.05, 0) is 24.1 Å². The van der Waals surface area contributed by atoms with E-state index >= 15 is 0 Å². The normalized spacial score (nSPS) is 25.0. The number of carbonyl (C=O) groups excluding carboxylic acids is 1. The molecule has 2 atom stereocenters. The molecular formula is C16H19N5O. The number of carbonyl (C=O) groups is 1. The molecule has 2 fully saturated rings. The Morgan fingerprint density at radius 3 is 2.82 bits per heavy atom. The molecule has 0 aromatic carbocycles. The van der Waals surface area contributed by atoms with Gasteiger partial charge < -0.3 is 4.90 Å². The van der Waals surface area contributed by atoms with Gasteiger partial charge in [-0.25, -0.2) is 0 Å². The number of hydrogen-bond acceptors (Lipinski definition) is 4. The standard InChI is InChI=1S/C16H19N5O/c1-19-11-13(9-18-19)21-14-4-7-20(15(14)8-16(21)22)10-12-2-5-17-6-3-12/h2-3,5-6,9,11,14-15H,4,7-8,10H2,1H3/t14-,15+/m0/s1. The van der Waals surface area contributed by atoms with Crippen LogP contribution in [0, 0.1) is 0 Å². The number of nitrogens with zero attached hydrogens (tertiary/aromatic N) is 5. The molecule has 0 saturated carbocycles. The Morgan fingerprint density at radius 1 is 1.27 bits per heavy atom. The van der Waals surface area contributed by atoms with Gasteiger partial charge in [0.15, 0.2) is 0 Å². The fourth-order valence-electron chi connectivity index (χ4n) is 3.72. The molecule has 22 heavy (non-hydrogen) atoms. The van der Waals surface area contributed by atoms with Gasteiger partial charge in [-0.2, -0.15) is 5.10 Å². The van der Waals surface area contributed by atoms with E-state index in [4.69, 9.17) is 0 Å². The van der Waals surface area contributed by atoms with Crippen LogP contribution >= 0.6 is 0 Å². The second-order valence-electron chi connectivity index (χ2n) is 6.09. The van der Waals surface area contributed by atoms with Gasteiger partial charge in [-0.1, -0.05) is 0 Å². The fraction of sp³-hybridized carbons (Fsp3) is 0.438. The molecule has 2 saturated heterocycles. The summed E-state index contributed by atoms with van der Waals surface area (Å²) in [5, 5.41) is 4.20. The van der Waals surface area contributed by atoms with Gasteiger partial charge in [0.1, 0.15) is 0 Å². The molecule has 0 aliphatic carbocycles. The van der Waals surface area contributed by atoms with Crippen LogP contribution in [0.1, 0.15) is 18.4 Å². The van der Waals surface area contributed by atoms with Crippen molar-refractivity contribution in [2.24, 2.45) is 7.05 Å². The molecule has 114 valence electrons. The number of anilines is 1. The molecule has 4 heterocycles. The minimum absolute atomic E-state index is 0.211. The lowest BCUT2D eigenvalue weighted by molar-refractivity contribution is -0.117. The number of pyridine rings is 1. The highest BCUT2D eigenvalue weighted by molar-refractivity contribution is 5.97. The number of rotatable bonds is 3. The first kappa shape index (κ1) is 13.5. The summed E-state index contributed by atoms with van der Waals surface area (Å²) >= 11 is 0. The van der Waals surface area contributed by atoms with Crippen LogP contribution in [0.15, 0.2) is 36.9 Å². The Kier molecular flexibility index (Phi) is 3.18. The lowest BCUT2D eigenvalue weighted by Crippen LogP contribution is -2.37. The molecule has 1 amide bonds. The van der Waals surface area contributed by atoms with Crippen molar-refractivity contribution in [3.8, 4) is 0 Å². The molecule has 6 nitrogen and oxygen atoms in total. The van der Waals surface area contributed by atoms with E-state index < -0.39 is 0 Å². The quantitative estimate of drug-likeness (QED) is 0.854. The minimum Gasteiger partial charge on any atom is -0.305 e. The van der Waals surface area contributed by atoms with Crippen LogP contribution in [-0.4, -0.2) is 44.2 Å². The fourth-order valence-corrected chi connectivity index (χ4v) is 3.72. The highest BCUT2D eigenvalue weighted by Gasteiger charge is 2.47. The van der Waals surface area contributed by atoms with Crippen molar-refractivity contribution in [1.29, 1.82) is 0 Å². The summed E-state index contributed by atoms with van der Waals surface area (Å²) in [6.45, 7) is 1.92. The van der Waals surface area contributed by atoms with E-state index in [0.29, 0.717) is 12.5 Å². The number of likely N-dealkylation sites (tertiary alicyclic amines) is 1. The van der Waals surface area contributed by atoms with Crippen molar-refractivity contribution in [1.82, 2.24) is 19.7 Å². The van der Waals surface area contributed by atoms with Gasteiger partial charge in [-0.3, -0.25) is 19.4 Å². The first-order valence-corrected chi connectivity index (χ1v) is 7.66. The van der Waals surface area contributed by atoms with Gasteiger partial charge in [0, 0.05) is 51.2 Å². The van der Waals surface area contributed by atoms with Crippen molar-refractivity contribution in [2.75, 3.05) is 11.4 Å². The summed E-state index contributed by atoms with van der Waals surface area (Å²) in [4.78, 5) is 20.9. The third kappa shape index (κ3) is 2.20. The smallest absolute Gasteiger partial charge is 0.229 e. The van der Waals surface area contributed by atoms with Crippen LogP contribution in [0.5, 0.6) is 0 Å². The molecule has 0 spiro atoms. The molecule has 4 rings (SSSR count). The minimum atomic E-state index is 0.211. The molecule has 2 aromatic rings. The number of fused-ring (bicyclic) bond motifs is 1. The van der Waals surface area contributed by atoms with Crippen LogP contribution in [0.25, 0.3) is 0 Å². The summed E-state index contributed by atoms with van der Waals surface area (Å²) in [6, 6.07) is 4.67. The Hall–Kier alpha value is -2.21. The first-order valence-electron chi connectivity index (χ1n) is 7.66. The largest absolute Gasteiger partial charge is 0.305 e. The average Bonchev–Trinajstić information content (AvgIpc) is 3.17. The Balaban J connectivity index is 1.54. The lowest BCUT2D eigenvalue weighted by Gasteiger charge is -2.24. The zero-order valence-corrected chi connectivity index (χ0v) is 12.6. The second kappa shape index (κ2) is 5.21. The monoisotopic (exact) mass is 297 g/mol. The van der Waals surface area contributed by atoms with Gasteiger partial charge >= 0.3 is 0 Å².